The number of hydrogen-bond donors (Lipinski definition) is 2. The van der Waals surface area contributed by atoms with Gasteiger partial charge in [-0.05, 0) is 51.5 Å². The van der Waals surface area contributed by atoms with Crippen LogP contribution in [-0.2, 0) is 23.9 Å². The van der Waals surface area contributed by atoms with E-state index < -0.39 is 28.5 Å². The van der Waals surface area contributed by atoms with Crippen molar-refractivity contribution in [3.05, 3.63) is 23.8 Å². The molecule has 0 bridgehead atoms. The second-order valence-electron chi connectivity index (χ2n) is 11.5. The predicted molar refractivity (Wildman–Crippen MR) is 118 cm³/mol. The number of carboxylic acid groups (broad SMARTS) is 1. The van der Waals surface area contributed by atoms with Gasteiger partial charge in [-0.3, -0.25) is 14.4 Å². The van der Waals surface area contributed by atoms with Gasteiger partial charge in [-0.2, -0.15) is 0 Å². The summed E-state index contributed by atoms with van der Waals surface area (Å²) in [4.78, 5) is 37.0. The third-order valence-corrected chi connectivity index (χ3v) is 9.58. The molecule has 0 radical (unpaired) electrons. The summed E-state index contributed by atoms with van der Waals surface area (Å²) in [5, 5.41) is 20.9. The van der Waals surface area contributed by atoms with Gasteiger partial charge in [0.1, 0.15) is 5.60 Å². The van der Waals surface area contributed by atoms with Crippen LogP contribution in [0.1, 0.15) is 66.2 Å². The molecule has 4 aliphatic carbocycles. The minimum Gasteiger partial charge on any atom is -0.481 e. The Labute approximate surface area is 194 Å². The fourth-order valence-corrected chi connectivity index (χ4v) is 7.80. The molecule has 2 saturated carbocycles. The summed E-state index contributed by atoms with van der Waals surface area (Å²) in [6.07, 6.45) is 7.24. The molecule has 7 nitrogen and oxygen atoms in total. The maximum atomic E-state index is 13.4. The van der Waals surface area contributed by atoms with Crippen LogP contribution < -0.4 is 0 Å². The molecule has 3 fully saturated rings. The van der Waals surface area contributed by atoms with Crippen molar-refractivity contribution < 1.29 is 34.1 Å². The molecule has 2 N–H and O–H groups in total. The maximum Gasteiger partial charge on any atom is 0.309 e. The number of esters is 1. The first-order chi connectivity index (χ1) is 15.4. The topological polar surface area (TPSA) is 113 Å². The Morgan fingerprint density at radius 3 is 2.70 bits per heavy atom. The van der Waals surface area contributed by atoms with Gasteiger partial charge in [0.05, 0.1) is 23.7 Å². The van der Waals surface area contributed by atoms with Gasteiger partial charge >= 0.3 is 11.9 Å². The number of carboxylic acids is 1. The molecule has 8 atom stereocenters. The summed E-state index contributed by atoms with van der Waals surface area (Å²) < 4.78 is 12.2. The highest BCUT2D eigenvalue weighted by Gasteiger charge is 2.82. The third-order valence-electron chi connectivity index (χ3n) is 9.58. The van der Waals surface area contributed by atoms with E-state index in [1.807, 2.05) is 26.8 Å². The fourth-order valence-electron chi connectivity index (χ4n) is 7.80. The van der Waals surface area contributed by atoms with Crippen molar-refractivity contribution in [3.63, 3.8) is 0 Å². The van der Waals surface area contributed by atoms with Gasteiger partial charge in [0.15, 0.2) is 5.78 Å². The number of rotatable bonds is 5. The lowest BCUT2D eigenvalue weighted by Gasteiger charge is -2.58. The molecule has 5 rings (SSSR count). The van der Waals surface area contributed by atoms with E-state index in [0.29, 0.717) is 25.7 Å². The Bertz CT molecular complexity index is 981. The van der Waals surface area contributed by atoms with Gasteiger partial charge in [-0.15, -0.1) is 0 Å². The Morgan fingerprint density at radius 2 is 2.03 bits per heavy atom. The lowest BCUT2D eigenvalue weighted by molar-refractivity contribution is -0.167. The number of hydrogen-bond acceptors (Lipinski definition) is 6. The van der Waals surface area contributed by atoms with E-state index in [-0.39, 0.29) is 54.1 Å². The molecule has 180 valence electrons. The minimum atomic E-state index is -1.28. The number of fused-ring (bicyclic) bond motifs is 3. The molecule has 0 aromatic heterocycles. The van der Waals surface area contributed by atoms with Gasteiger partial charge in [0.25, 0.3) is 0 Å². The van der Waals surface area contributed by atoms with Gasteiger partial charge in [0.2, 0.25) is 0 Å². The summed E-state index contributed by atoms with van der Waals surface area (Å²) in [7, 11) is 0. The van der Waals surface area contributed by atoms with Crippen LogP contribution in [0, 0.1) is 28.6 Å². The molecular weight excluding hydrogens is 424 g/mol. The van der Waals surface area contributed by atoms with Crippen molar-refractivity contribution in [1.29, 1.82) is 0 Å². The summed E-state index contributed by atoms with van der Waals surface area (Å²) in [6, 6.07) is 0. The maximum absolute atomic E-state index is 13.4. The fraction of sp³-hybridized carbons (Fsp3) is 0.731. The first kappa shape index (κ1) is 22.8. The van der Waals surface area contributed by atoms with Crippen LogP contribution in [0.5, 0.6) is 0 Å². The molecule has 0 aromatic carbocycles. The highest BCUT2D eigenvalue weighted by molar-refractivity contribution is 5.92. The van der Waals surface area contributed by atoms with Crippen LogP contribution in [0.3, 0.4) is 0 Å². The third kappa shape index (κ3) is 2.91. The van der Waals surface area contributed by atoms with E-state index in [2.05, 4.69) is 6.92 Å². The Balaban J connectivity index is 1.59. The average Bonchev–Trinajstić information content (AvgIpc) is 3.38. The predicted octanol–water partition coefficient (Wildman–Crippen LogP) is 3.20. The van der Waals surface area contributed by atoms with Gasteiger partial charge < -0.3 is 19.7 Å². The van der Waals surface area contributed by atoms with Gasteiger partial charge in [0, 0.05) is 29.6 Å². The molecule has 1 spiro atoms. The van der Waals surface area contributed by atoms with Crippen molar-refractivity contribution in [3.8, 4) is 0 Å². The van der Waals surface area contributed by atoms with E-state index in [0.717, 1.165) is 5.57 Å². The van der Waals surface area contributed by atoms with Crippen molar-refractivity contribution in [2.24, 2.45) is 28.6 Å². The minimum absolute atomic E-state index is 0.0926. The van der Waals surface area contributed by atoms with Crippen molar-refractivity contribution in [1.82, 2.24) is 0 Å². The van der Waals surface area contributed by atoms with Crippen LogP contribution in [0.2, 0.25) is 0 Å². The number of ether oxygens (including phenoxy) is 2. The molecule has 7 heteroatoms. The number of allylic oxidation sites excluding steroid dienone is 2. The zero-order chi connectivity index (χ0) is 24.0. The summed E-state index contributed by atoms with van der Waals surface area (Å²) in [5.74, 6) is -1.99. The zero-order valence-electron chi connectivity index (χ0n) is 19.8. The van der Waals surface area contributed by atoms with E-state index in [1.165, 1.54) is 0 Å². The molecule has 1 aliphatic heterocycles. The molecule has 0 aromatic rings. The number of carbonyl (C=O) groups is 3. The molecule has 2 unspecified atom stereocenters. The smallest absolute Gasteiger partial charge is 0.309 e. The van der Waals surface area contributed by atoms with Crippen LogP contribution in [0.25, 0.3) is 0 Å². The van der Waals surface area contributed by atoms with E-state index in [1.54, 1.807) is 12.2 Å². The Hall–Kier alpha value is -1.99. The number of epoxide rings is 1. The van der Waals surface area contributed by atoms with Gasteiger partial charge in [-0.25, -0.2) is 0 Å². The van der Waals surface area contributed by atoms with Crippen LogP contribution in [0.4, 0.5) is 0 Å². The quantitative estimate of drug-likeness (QED) is 0.369. The normalized spacial score (nSPS) is 47.2. The number of aliphatic hydroxyl groups is 1. The first-order valence-electron chi connectivity index (χ1n) is 12.1. The Kier molecular flexibility index (Phi) is 4.84. The SMILES string of the molecule is CC(C)OC(=O)[C@@H]1CC2=CC(=O)CC[C@]2(C)[C@@]23O[C@@H]2C[C@@]2(C)C(C=C[C@@]2(O)CCC(=O)O)C13. The second-order valence-corrected chi connectivity index (χ2v) is 11.5. The molecule has 33 heavy (non-hydrogen) atoms. The highest BCUT2D eigenvalue weighted by atomic mass is 16.6. The van der Waals surface area contributed by atoms with E-state index in [9.17, 15) is 24.6 Å². The molecule has 1 heterocycles. The largest absolute Gasteiger partial charge is 0.481 e. The van der Waals surface area contributed by atoms with Crippen LogP contribution in [0.15, 0.2) is 23.8 Å². The van der Waals surface area contributed by atoms with Crippen molar-refractivity contribution in [2.75, 3.05) is 0 Å². The highest BCUT2D eigenvalue weighted by Crippen LogP contribution is 2.76. The van der Waals surface area contributed by atoms with Crippen LogP contribution >= 0.6 is 0 Å². The number of aliphatic carboxylic acids is 1. The second kappa shape index (κ2) is 7.01. The molecular formula is C26H34O7. The molecule has 1 saturated heterocycles. The molecule has 5 aliphatic rings. The number of carbonyl (C=O) groups excluding carboxylic acids is 2. The molecule has 0 amide bonds. The Morgan fingerprint density at radius 1 is 1.30 bits per heavy atom. The summed E-state index contributed by atoms with van der Waals surface area (Å²) >= 11 is 0. The lowest BCUT2D eigenvalue weighted by atomic mass is 9.43. The van der Waals surface area contributed by atoms with Crippen molar-refractivity contribution in [2.45, 2.75) is 89.6 Å². The van der Waals surface area contributed by atoms with Gasteiger partial charge in [-0.1, -0.05) is 31.6 Å². The summed E-state index contributed by atoms with van der Waals surface area (Å²) in [6.45, 7) is 7.82. The van der Waals surface area contributed by atoms with Crippen molar-refractivity contribution >= 4 is 17.7 Å². The van der Waals surface area contributed by atoms with E-state index in [4.69, 9.17) is 9.47 Å². The first-order valence-corrected chi connectivity index (χ1v) is 12.1. The zero-order valence-corrected chi connectivity index (χ0v) is 19.8. The lowest BCUT2D eigenvalue weighted by Crippen LogP contribution is -2.63. The van der Waals surface area contributed by atoms with Crippen LogP contribution in [-0.4, -0.2) is 51.3 Å². The summed E-state index contributed by atoms with van der Waals surface area (Å²) in [5.41, 5.74) is -1.86. The standard InChI is InChI=1S/C26H34O7/c1-14(2)32-22(30)17-12-15-11-16(27)5-8-23(15,3)26-19(33-26)13-24(4)18(21(17)26)6-9-25(24,31)10-7-20(28)29/h6,9,11,14,17-19,21,31H,5,7-8,10,12-13H2,1-4H3,(H,28,29)/t17-,18?,19-,21?,23+,24+,25-,26-/m1/s1. The monoisotopic (exact) mass is 458 g/mol. The van der Waals surface area contributed by atoms with E-state index >= 15 is 0 Å². The number of ketones is 1. The average molecular weight is 459 g/mol.